The number of piperidine rings is 1. The molecule has 0 saturated carbocycles. The third-order valence-electron chi connectivity index (χ3n) is 7.15. The maximum Gasteiger partial charge on any atom is 0.253 e. The molecular formula is C29H30FN3O2. The van der Waals surface area contributed by atoms with E-state index in [2.05, 4.69) is 17.0 Å². The third-order valence-corrected chi connectivity index (χ3v) is 7.15. The Morgan fingerprint density at radius 2 is 1.26 bits per heavy atom. The lowest BCUT2D eigenvalue weighted by Crippen LogP contribution is -2.52. The van der Waals surface area contributed by atoms with Crippen molar-refractivity contribution in [2.45, 2.75) is 12.8 Å². The van der Waals surface area contributed by atoms with Crippen molar-refractivity contribution in [1.82, 2.24) is 9.80 Å². The number of carbonyl (C=O) groups excluding carboxylic acids is 2. The molecule has 0 N–H and O–H groups in total. The van der Waals surface area contributed by atoms with Crippen LogP contribution in [-0.2, 0) is 4.79 Å². The van der Waals surface area contributed by atoms with Crippen LogP contribution in [0.15, 0.2) is 78.9 Å². The molecule has 0 aromatic heterocycles. The Morgan fingerprint density at radius 1 is 0.657 bits per heavy atom. The summed E-state index contributed by atoms with van der Waals surface area (Å²) < 4.78 is 13.2. The van der Waals surface area contributed by atoms with E-state index in [9.17, 15) is 14.0 Å². The Kier molecular flexibility index (Phi) is 6.80. The number of halogens is 1. The Balaban J connectivity index is 1.11. The van der Waals surface area contributed by atoms with Crippen molar-refractivity contribution in [3.8, 4) is 11.1 Å². The average Bonchev–Trinajstić information content (AvgIpc) is 2.93. The van der Waals surface area contributed by atoms with Crippen molar-refractivity contribution in [3.63, 3.8) is 0 Å². The van der Waals surface area contributed by atoms with E-state index in [0.717, 1.165) is 29.9 Å². The van der Waals surface area contributed by atoms with Gasteiger partial charge in [0.15, 0.2) is 0 Å². The van der Waals surface area contributed by atoms with Gasteiger partial charge in [0.05, 0.1) is 0 Å². The van der Waals surface area contributed by atoms with Crippen LogP contribution in [0, 0.1) is 11.7 Å². The maximum absolute atomic E-state index is 13.2. The first-order valence-corrected chi connectivity index (χ1v) is 12.3. The lowest BCUT2D eigenvalue weighted by atomic mass is 9.94. The molecule has 35 heavy (non-hydrogen) atoms. The van der Waals surface area contributed by atoms with Crippen LogP contribution in [0.1, 0.15) is 23.2 Å². The first-order chi connectivity index (χ1) is 17.1. The highest BCUT2D eigenvalue weighted by atomic mass is 19.1. The predicted octanol–water partition coefficient (Wildman–Crippen LogP) is 4.69. The van der Waals surface area contributed by atoms with Gasteiger partial charge in [0.1, 0.15) is 5.82 Å². The van der Waals surface area contributed by atoms with Gasteiger partial charge in [-0.15, -0.1) is 0 Å². The van der Waals surface area contributed by atoms with Crippen LogP contribution >= 0.6 is 0 Å². The smallest absolute Gasteiger partial charge is 0.253 e. The van der Waals surface area contributed by atoms with E-state index in [0.29, 0.717) is 44.6 Å². The molecule has 6 heteroatoms. The van der Waals surface area contributed by atoms with E-state index in [-0.39, 0.29) is 23.5 Å². The summed E-state index contributed by atoms with van der Waals surface area (Å²) in [6.07, 6.45) is 1.40. The standard InChI is InChI=1S/C29H30FN3O2/c30-26-10-12-27(13-11-26)31-18-20-33(21-19-31)29(35)25-14-16-32(17-15-25)28(34)24-8-6-23(7-9-24)22-4-2-1-3-5-22/h1-13,25H,14-21H2. The molecule has 2 heterocycles. The zero-order valence-corrected chi connectivity index (χ0v) is 19.8. The van der Waals surface area contributed by atoms with E-state index < -0.39 is 0 Å². The molecule has 3 aromatic rings. The van der Waals surface area contributed by atoms with Gasteiger partial charge in [-0.1, -0.05) is 42.5 Å². The number of benzene rings is 3. The van der Waals surface area contributed by atoms with Gasteiger partial charge >= 0.3 is 0 Å². The number of piperazine rings is 1. The van der Waals surface area contributed by atoms with Crippen LogP contribution in [0.2, 0.25) is 0 Å². The highest BCUT2D eigenvalue weighted by Gasteiger charge is 2.32. The topological polar surface area (TPSA) is 43.9 Å². The number of hydrogen-bond acceptors (Lipinski definition) is 3. The summed E-state index contributed by atoms with van der Waals surface area (Å²) >= 11 is 0. The van der Waals surface area contributed by atoms with Gasteiger partial charge in [0.25, 0.3) is 5.91 Å². The fourth-order valence-corrected chi connectivity index (χ4v) is 5.04. The van der Waals surface area contributed by atoms with Gasteiger partial charge in [-0.3, -0.25) is 9.59 Å². The number of amides is 2. The molecule has 2 saturated heterocycles. The normalized spacial score (nSPS) is 16.9. The van der Waals surface area contributed by atoms with Crippen LogP contribution < -0.4 is 4.90 Å². The largest absolute Gasteiger partial charge is 0.368 e. The van der Waals surface area contributed by atoms with Gasteiger partial charge in [0.2, 0.25) is 5.91 Å². The van der Waals surface area contributed by atoms with Crippen LogP contribution in [0.3, 0.4) is 0 Å². The first kappa shape index (κ1) is 23.1. The van der Waals surface area contributed by atoms with Gasteiger partial charge in [-0.05, 0) is 60.4 Å². The first-order valence-electron chi connectivity index (χ1n) is 12.3. The van der Waals surface area contributed by atoms with E-state index in [1.807, 2.05) is 52.3 Å². The second-order valence-electron chi connectivity index (χ2n) is 9.30. The SMILES string of the molecule is O=C(c1ccc(-c2ccccc2)cc1)N1CCC(C(=O)N2CCN(c3ccc(F)cc3)CC2)CC1. The molecule has 0 aliphatic carbocycles. The summed E-state index contributed by atoms with van der Waals surface area (Å²) in [5, 5.41) is 0. The molecule has 180 valence electrons. The van der Waals surface area contributed by atoms with Crippen molar-refractivity contribution >= 4 is 17.5 Å². The van der Waals surface area contributed by atoms with Crippen LogP contribution in [0.25, 0.3) is 11.1 Å². The zero-order valence-electron chi connectivity index (χ0n) is 19.8. The minimum Gasteiger partial charge on any atom is -0.368 e. The van der Waals surface area contributed by atoms with E-state index in [1.54, 1.807) is 12.1 Å². The minimum atomic E-state index is -0.239. The second-order valence-corrected chi connectivity index (χ2v) is 9.30. The molecular weight excluding hydrogens is 441 g/mol. The van der Waals surface area contributed by atoms with Crippen molar-refractivity contribution < 1.29 is 14.0 Å². The fraction of sp³-hybridized carbons (Fsp3) is 0.310. The van der Waals surface area contributed by atoms with Gasteiger partial charge in [-0.2, -0.15) is 0 Å². The Morgan fingerprint density at radius 3 is 1.89 bits per heavy atom. The lowest BCUT2D eigenvalue weighted by Gasteiger charge is -2.39. The molecule has 2 aliphatic rings. The predicted molar refractivity (Wildman–Crippen MR) is 136 cm³/mol. The minimum absolute atomic E-state index is 0.0307. The molecule has 0 atom stereocenters. The Bertz CT molecular complexity index is 1150. The van der Waals surface area contributed by atoms with E-state index >= 15 is 0 Å². The summed E-state index contributed by atoms with van der Waals surface area (Å²) in [5.41, 5.74) is 3.89. The maximum atomic E-state index is 13.2. The highest BCUT2D eigenvalue weighted by Crippen LogP contribution is 2.25. The number of hydrogen-bond donors (Lipinski definition) is 0. The molecule has 2 fully saturated rings. The zero-order chi connectivity index (χ0) is 24.2. The third kappa shape index (κ3) is 5.21. The highest BCUT2D eigenvalue weighted by molar-refractivity contribution is 5.95. The average molecular weight is 472 g/mol. The number of carbonyl (C=O) groups is 2. The molecule has 5 rings (SSSR count). The van der Waals surface area contributed by atoms with Gasteiger partial charge in [-0.25, -0.2) is 4.39 Å². The van der Waals surface area contributed by atoms with Crippen molar-refractivity contribution in [2.75, 3.05) is 44.2 Å². The number of nitrogens with zero attached hydrogens (tertiary/aromatic N) is 3. The Hall–Kier alpha value is -3.67. The van der Waals surface area contributed by atoms with E-state index in [4.69, 9.17) is 0 Å². The number of likely N-dealkylation sites (tertiary alicyclic amines) is 1. The number of anilines is 1. The molecule has 0 unspecified atom stereocenters. The molecule has 0 bridgehead atoms. The summed E-state index contributed by atoms with van der Waals surface area (Å²) in [7, 11) is 0. The van der Waals surface area contributed by atoms with Crippen molar-refractivity contribution in [1.29, 1.82) is 0 Å². The number of rotatable bonds is 4. The quantitative estimate of drug-likeness (QED) is 0.554. The second kappa shape index (κ2) is 10.3. The summed E-state index contributed by atoms with van der Waals surface area (Å²) in [5.74, 6) is -0.0417. The van der Waals surface area contributed by atoms with Gasteiger partial charge in [0, 0.05) is 56.4 Å². The molecule has 2 aliphatic heterocycles. The van der Waals surface area contributed by atoms with Crippen molar-refractivity contribution in [3.05, 3.63) is 90.2 Å². The molecule has 5 nitrogen and oxygen atoms in total. The molecule has 3 aromatic carbocycles. The van der Waals surface area contributed by atoms with Gasteiger partial charge < -0.3 is 14.7 Å². The summed E-state index contributed by atoms with van der Waals surface area (Å²) in [6.45, 7) is 4.03. The monoisotopic (exact) mass is 471 g/mol. The fourth-order valence-electron chi connectivity index (χ4n) is 5.04. The molecule has 2 amide bonds. The lowest BCUT2D eigenvalue weighted by molar-refractivity contribution is -0.137. The van der Waals surface area contributed by atoms with E-state index in [1.165, 1.54) is 12.1 Å². The Labute approximate surface area is 205 Å². The van der Waals surface area contributed by atoms with Crippen LogP contribution in [-0.4, -0.2) is 60.9 Å². The summed E-state index contributed by atoms with van der Waals surface area (Å²) in [4.78, 5) is 32.1. The van der Waals surface area contributed by atoms with Crippen LogP contribution in [0.5, 0.6) is 0 Å². The van der Waals surface area contributed by atoms with Crippen molar-refractivity contribution in [2.24, 2.45) is 5.92 Å². The molecule has 0 radical (unpaired) electrons. The molecule has 0 spiro atoms. The van der Waals surface area contributed by atoms with Crippen LogP contribution in [0.4, 0.5) is 10.1 Å². The summed E-state index contributed by atoms with van der Waals surface area (Å²) in [6, 6.07) is 24.4.